The van der Waals surface area contributed by atoms with E-state index in [-0.39, 0.29) is 22.8 Å². The summed E-state index contributed by atoms with van der Waals surface area (Å²) in [6.07, 6.45) is 2.41. The Hall–Kier alpha value is -1.71. The van der Waals surface area contributed by atoms with Crippen LogP contribution in [0.15, 0.2) is 18.2 Å². The largest absolute Gasteiger partial charge is 0.504 e. The van der Waals surface area contributed by atoms with Crippen molar-refractivity contribution in [2.45, 2.75) is 46.6 Å². The van der Waals surface area contributed by atoms with Crippen LogP contribution in [-0.4, -0.2) is 16.1 Å². The van der Waals surface area contributed by atoms with Crippen LogP contribution in [0.5, 0.6) is 11.5 Å². The van der Waals surface area contributed by atoms with Crippen molar-refractivity contribution in [3.63, 3.8) is 0 Å². The summed E-state index contributed by atoms with van der Waals surface area (Å²) < 4.78 is 0. The molecule has 1 rings (SSSR count). The van der Waals surface area contributed by atoms with Crippen molar-refractivity contribution < 1.29 is 15.0 Å². The van der Waals surface area contributed by atoms with E-state index in [1.165, 1.54) is 12.1 Å². The molecule has 0 spiro atoms. The minimum absolute atomic E-state index is 0.00842. The molecule has 0 saturated carbocycles. The molecule has 0 saturated heterocycles. The third-order valence-electron chi connectivity index (χ3n) is 3.52. The summed E-state index contributed by atoms with van der Waals surface area (Å²) in [6.45, 7) is 6.78. The van der Waals surface area contributed by atoms with E-state index in [0.29, 0.717) is 13.0 Å². The smallest absolute Gasteiger partial charge is 0.220 e. The van der Waals surface area contributed by atoms with Crippen molar-refractivity contribution in [3.8, 4) is 11.5 Å². The number of hydrogen-bond acceptors (Lipinski definition) is 3. The first-order valence-electron chi connectivity index (χ1n) is 6.61. The lowest BCUT2D eigenvalue weighted by Crippen LogP contribution is -2.24. The number of rotatable bonds is 6. The first-order valence-corrected chi connectivity index (χ1v) is 6.61. The number of amides is 1. The van der Waals surface area contributed by atoms with Crippen LogP contribution >= 0.6 is 0 Å². The SMILES string of the molecule is CCC(C)(C)CCC(=O)NCc1ccc(O)c(O)c1. The summed E-state index contributed by atoms with van der Waals surface area (Å²) >= 11 is 0. The molecule has 0 heterocycles. The predicted molar refractivity (Wildman–Crippen MR) is 74.9 cm³/mol. The van der Waals surface area contributed by atoms with Gasteiger partial charge in [0.2, 0.25) is 5.91 Å². The zero-order chi connectivity index (χ0) is 14.5. The molecule has 0 bridgehead atoms. The fourth-order valence-electron chi connectivity index (χ4n) is 1.60. The molecule has 106 valence electrons. The topological polar surface area (TPSA) is 69.6 Å². The van der Waals surface area contributed by atoms with Crippen molar-refractivity contribution >= 4 is 5.91 Å². The number of phenolic OH excluding ortho intramolecular Hbond substituents is 2. The Bertz CT molecular complexity index is 441. The van der Waals surface area contributed by atoms with Crippen LogP contribution in [0.1, 0.15) is 45.6 Å². The highest BCUT2D eigenvalue weighted by molar-refractivity contribution is 5.75. The average molecular weight is 265 g/mol. The maximum Gasteiger partial charge on any atom is 0.220 e. The van der Waals surface area contributed by atoms with Gasteiger partial charge in [0, 0.05) is 13.0 Å². The Morgan fingerprint density at radius 2 is 1.95 bits per heavy atom. The fourth-order valence-corrected chi connectivity index (χ4v) is 1.60. The van der Waals surface area contributed by atoms with Gasteiger partial charge in [0.15, 0.2) is 11.5 Å². The van der Waals surface area contributed by atoms with Crippen LogP contribution in [-0.2, 0) is 11.3 Å². The third-order valence-corrected chi connectivity index (χ3v) is 3.52. The van der Waals surface area contributed by atoms with Gasteiger partial charge in [-0.05, 0) is 29.5 Å². The highest BCUT2D eigenvalue weighted by atomic mass is 16.3. The summed E-state index contributed by atoms with van der Waals surface area (Å²) in [5.41, 5.74) is 0.951. The Kier molecular flexibility index (Phi) is 5.21. The second-order valence-electron chi connectivity index (χ2n) is 5.62. The van der Waals surface area contributed by atoms with Gasteiger partial charge in [-0.15, -0.1) is 0 Å². The second kappa shape index (κ2) is 6.45. The first-order chi connectivity index (χ1) is 8.84. The number of benzene rings is 1. The second-order valence-corrected chi connectivity index (χ2v) is 5.62. The minimum atomic E-state index is -0.168. The van der Waals surface area contributed by atoms with Crippen molar-refractivity contribution in [3.05, 3.63) is 23.8 Å². The Labute approximate surface area is 114 Å². The molecule has 3 N–H and O–H groups in total. The molecular weight excluding hydrogens is 242 g/mol. The summed E-state index contributed by atoms with van der Waals surface area (Å²) in [7, 11) is 0. The molecule has 1 aromatic carbocycles. The first kappa shape index (κ1) is 15.3. The van der Waals surface area contributed by atoms with E-state index >= 15 is 0 Å². The zero-order valence-electron chi connectivity index (χ0n) is 11.9. The quantitative estimate of drug-likeness (QED) is 0.693. The van der Waals surface area contributed by atoms with E-state index in [2.05, 4.69) is 26.1 Å². The third kappa shape index (κ3) is 5.20. The lowest BCUT2D eigenvalue weighted by Gasteiger charge is -2.21. The van der Waals surface area contributed by atoms with Crippen LogP contribution in [0.25, 0.3) is 0 Å². The standard InChI is InChI=1S/C15H23NO3/c1-4-15(2,3)8-7-14(19)16-10-11-5-6-12(17)13(18)9-11/h5-6,9,17-18H,4,7-8,10H2,1-3H3,(H,16,19). The predicted octanol–water partition coefficient (Wildman–Crippen LogP) is 2.93. The number of aromatic hydroxyl groups is 2. The van der Waals surface area contributed by atoms with Crippen LogP contribution < -0.4 is 5.32 Å². The highest BCUT2D eigenvalue weighted by Crippen LogP contribution is 2.26. The minimum Gasteiger partial charge on any atom is -0.504 e. The Morgan fingerprint density at radius 3 is 2.53 bits per heavy atom. The lowest BCUT2D eigenvalue weighted by molar-refractivity contribution is -0.121. The molecule has 0 unspecified atom stereocenters. The fraction of sp³-hybridized carbons (Fsp3) is 0.533. The summed E-state index contributed by atoms with van der Waals surface area (Å²) in [5, 5.41) is 21.3. The van der Waals surface area contributed by atoms with Gasteiger partial charge < -0.3 is 15.5 Å². The van der Waals surface area contributed by atoms with E-state index in [9.17, 15) is 15.0 Å². The van der Waals surface area contributed by atoms with Gasteiger partial charge in [-0.2, -0.15) is 0 Å². The van der Waals surface area contributed by atoms with Crippen molar-refractivity contribution in [1.82, 2.24) is 5.32 Å². The number of carbonyl (C=O) groups is 1. The van der Waals surface area contributed by atoms with Crippen LogP contribution in [0.4, 0.5) is 0 Å². The average Bonchev–Trinajstić information content (AvgIpc) is 2.38. The van der Waals surface area contributed by atoms with E-state index in [4.69, 9.17) is 0 Å². The number of phenols is 2. The zero-order valence-corrected chi connectivity index (χ0v) is 11.9. The van der Waals surface area contributed by atoms with E-state index < -0.39 is 0 Å². The van der Waals surface area contributed by atoms with Crippen molar-refractivity contribution in [2.24, 2.45) is 5.41 Å². The van der Waals surface area contributed by atoms with Gasteiger partial charge in [-0.1, -0.05) is 33.3 Å². The molecule has 1 amide bonds. The van der Waals surface area contributed by atoms with Gasteiger partial charge in [0.25, 0.3) is 0 Å². The molecule has 0 atom stereocenters. The molecule has 4 nitrogen and oxygen atoms in total. The van der Waals surface area contributed by atoms with Gasteiger partial charge >= 0.3 is 0 Å². The van der Waals surface area contributed by atoms with Crippen LogP contribution in [0.2, 0.25) is 0 Å². The van der Waals surface area contributed by atoms with Gasteiger partial charge in [-0.3, -0.25) is 4.79 Å². The summed E-state index contributed by atoms with van der Waals surface area (Å²) in [6, 6.07) is 4.54. The van der Waals surface area contributed by atoms with Crippen LogP contribution in [0, 0.1) is 5.41 Å². The Balaban J connectivity index is 2.40. The lowest BCUT2D eigenvalue weighted by atomic mass is 9.85. The van der Waals surface area contributed by atoms with Crippen LogP contribution in [0.3, 0.4) is 0 Å². The Morgan fingerprint density at radius 1 is 1.26 bits per heavy atom. The molecule has 0 aliphatic heterocycles. The van der Waals surface area contributed by atoms with E-state index in [1.54, 1.807) is 6.07 Å². The monoisotopic (exact) mass is 265 g/mol. The normalized spacial score (nSPS) is 11.3. The number of carbonyl (C=O) groups excluding carboxylic acids is 1. The van der Waals surface area contributed by atoms with E-state index in [1.807, 2.05) is 0 Å². The number of hydrogen-bond donors (Lipinski definition) is 3. The van der Waals surface area contributed by atoms with Crippen molar-refractivity contribution in [1.29, 1.82) is 0 Å². The molecule has 0 aromatic heterocycles. The maximum absolute atomic E-state index is 11.7. The summed E-state index contributed by atoms with van der Waals surface area (Å²) in [4.78, 5) is 11.7. The molecular formula is C15H23NO3. The molecule has 19 heavy (non-hydrogen) atoms. The maximum atomic E-state index is 11.7. The molecule has 0 aliphatic rings. The summed E-state index contributed by atoms with van der Waals surface area (Å²) in [5.74, 6) is -0.312. The van der Waals surface area contributed by atoms with Crippen molar-refractivity contribution in [2.75, 3.05) is 0 Å². The molecule has 4 heteroatoms. The van der Waals surface area contributed by atoms with Gasteiger partial charge in [-0.25, -0.2) is 0 Å². The molecule has 1 aromatic rings. The van der Waals surface area contributed by atoms with E-state index in [0.717, 1.165) is 18.4 Å². The van der Waals surface area contributed by atoms with Gasteiger partial charge in [0.05, 0.1) is 0 Å². The molecule has 0 radical (unpaired) electrons. The molecule has 0 fully saturated rings. The highest BCUT2D eigenvalue weighted by Gasteiger charge is 2.16. The molecule has 0 aliphatic carbocycles. The number of nitrogens with one attached hydrogen (secondary N) is 1. The van der Waals surface area contributed by atoms with Gasteiger partial charge in [0.1, 0.15) is 0 Å².